The van der Waals surface area contributed by atoms with Crippen molar-refractivity contribution in [1.29, 1.82) is 5.39 Å². The number of carbonyl (C=O) groups is 1. The summed E-state index contributed by atoms with van der Waals surface area (Å²) >= 11 is 5.65. The SMILES string of the molecule is Cc1cc(Cl)ccc1[N+]#N.Cc1ccc(N)c(C)c1.O=C([O-])c1cc2ccccc2cc1OP(=O)(O)O. The number of carbonyl (C=O) groups excluding carboxylic acids is 1. The van der Waals surface area contributed by atoms with Crippen LogP contribution in [-0.2, 0) is 4.57 Å². The van der Waals surface area contributed by atoms with Gasteiger partial charge in [-0.1, -0.05) is 53.6 Å². The third-order valence-corrected chi connectivity index (χ3v) is 5.65. The van der Waals surface area contributed by atoms with Crippen molar-refractivity contribution in [2.24, 2.45) is 0 Å². The van der Waals surface area contributed by atoms with Crippen LogP contribution in [0.5, 0.6) is 5.75 Å². The monoisotopic (exact) mass is 541 g/mol. The second-order valence-corrected chi connectivity index (χ2v) is 9.56. The van der Waals surface area contributed by atoms with E-state index in [1.807, 2.05) is 26.0 Å². The summed E-state index contributed by atoms with van der Waals surface area (Å²) in [4.78, 5) is 31.4. The highest BCUT2D eigenvalue weighted by molar-refractivity contribution is 7.46. The first-order chi connectivity index (χ1) is 17.3. The van der Waals surface area contributed by atoms with Crippen molar-refractivity contribution >= 4 is 47.5 Å². The molecular weight excluding hydrogens is 517 g/mol. The Hall–Kier alpha value is -3.93. The van der Waals surface area contributed by atoms with Gasteiger partial charge in [0.1, 0.15) is 5.75 Å². The first kappa shape index (κ1) is 29.3. The number of hydrogen-bond acceptors (Lipinski definition) is 6. The van der Waals surface area contributed by atoms with Crippen molar-refractivity contribution < 1.29 is 28.8 Å². The van der Waals surface area contributed by atoms with Crippen LogP contribution < -0.4 is 15.4 Å². The molecule has 0 aliphatic rings. The number of phosphoric ester groups is 1. The minimum atomic E-state index is -4.82. The van der Waals surface area contributed by atoms with Crippen molar-refractivity contribution in [2.45, 2.75) is 20.8 Å². The van der Waals surface area contributed by atoms with Gasteiger partial charge in [0.15, 0.2) is 4.98 Å². The van der Waals surface area contributed by atoms with Gasteiger partial charge in [-0.3, -0.25) is 9.79 Å². The number of carboxylic acid groups (broad SMARTS) is 1. The topological polar surface area (TPSA) is 161 Å². The predicted octanol–water partition coefficient (Wildman–Crippen LogP) is 5.69. The maximum atomic E-state index is 10.9. The highest BCUT2D eigenvalue weighted by Crippen LogP contribution is 2.40. The second-order valence-electron chi connectivity index (χ2n) is 7.96. The summed E-state index contributed by atoms with van der Waals surface area (Å²) in [7, 11) is -4.82. The van der Waals surface area contributed by atoms with E-state index in [0.29, 0.717) is 21.5 Å². The van der Waals surface area contributed by atoms with E-state index in [-0.39, 0.29) is 0 Å². The number of diazo groups is 1. The van der Waals surface area contributed by atoms with Gasteiger partial charge >= 0.3 is 13.5 Å². The molecule has 4 aromatic rings. The van der Waals surface area contributed by atoms with Crippen LogP contribution in [0.4, 0.5) is 11.4 Å². The van der Waals surface area contributed by atoms with Gasteiger partial charge in [-0.15, -0.1) is 0 Å². The quantitative estimate of drug-likeness (QED) is 0.169. The molecule has 4 N–H and O–H groups in total. The van der Waals surface area contributed by atoms with Crippen LogP contribution in [0, 0.1) is 26.2 Å². The van der Waals surface area contributed by atoms with E-state index in [1.54, 1.807) is 42.5 Å². The lowest BCUT2D eigenvalue weighted by atomic mass is 10.1. The fourth-order valence-corrected chi connectivity index (χ4v) is 3.77. The number of nitrogens with zero attached hydrogens (tertiary/aromatic N) is 2. The van der Waals surface area contributed by atoms with E-state index in [2.05, 4.69) is 22.5 Å². The van der Waals surface area contributed by atoms with Crippen molar-refractivity contribution in [3.63, 3.8) is 0 Å². The Morgan fingerprint density at radius 2 is 1.59 bits per heavy atom. The molecule has 0 unspecified atom stereocenters. The van der Waals surface area contributed by atoms with Crippen LogP contribution in [0.2, 0.25) is 5.02 Å². The lowest BCUT2D eigenvalue weighted by Gasteiger charge is -2.13. The number of anilines is 1. The Bertz CT molecular complexity index is 1510. The fraction of sp³-hybridized carbons (Fsp3) is 0.115. The van der Waals surface area contributed by atoms with E-state index in [0.717, 1.165) is 16.8 Å². The molecule has 192 valence electrons. The first-order valence-electron chi connectivity index (χ1n) is 10.7. The van der Waals surface area contributed by atoms with Crippen LogP contribution in [0.15, 0.2) is 72.8 Å². The highest BCUT2D eigenvalue weighted by Gasteiger charge is 2.19. The van der Waals surface area contributed by atoms with Gasteiger partial charge < -0.3 is 20.2 Å². The van der Waals surface area contributed by atoms with Gasteiger partial charge in [-0.05, 0) is 67.4 Å². The summed E-state index contributed by atoms with van der Waals surface area (Å²) in [5, 5.41) is 21.2. The number of benzene rings is 4. The van der Waals surface area contributed by atoms with Crippen LogP contribution in [0.1, 0.15) is 27.0 Å². The molecule has 4 aromatic carbocycles. The molecule has 0 saturated heterocycles. The van der Waals surface area contributed by atoms with Crippen LogP contribution >= 0.6 is 19.4 Å². The summed E-state index contributed by atoms with van der Waals surface area (Å²) in [6.45, 7) is 5.91. The largest absolute Gasteiger partial charge is 0.545 e. The number of nitrogens with two attached hydrogens (primary N) is 1. The molecule has 0 bridgehead atoms. The standard InChI is InChI=1S/C11H9O6P.C8H11N.C7H6ClN2/c12-11(13)9-5-7-3-1-2-4-8(7)6-10(9)17-18(14,15)16;1-6-3-4-8(9)7(2)5-6;1-5-4-6(8)2-3-7(5)10-9/h1-6H,(H,12,13)(H2,14,15,16);3-5H,9H2,1-2H3;2-4H,1H3/q;;+1/p-1. The summed E-state index contributed by atoms with van der Waals surface area (Å²) < 4.78 is 15.1. The Morgan fingerprint density at radius 3 is 2.08 bits per heavy atom. The maximum Gasteiger partial charge on any atom is 0.524 e. The number of carboxylic acids is 1. The molecule has 0 spiro atoms. The minimum Gasteiger partial charge on any atom is -0.545 e. The molecule has 0 amide bonds. The lowest BCUT2D eigenvalue weighted by Crippen LogP contribution is -2.23. The van der Waals surface area contributed by atoms with Crippen LogP contribution in [-0.4, -0.2) is 15.8 Å². The third-order valence-electron chi connectivity index (χ3n) is 4.98. The Balaban J connectivity index is 0.000000214. The zero-order valence-electron chi connectivity index (χ0n) is 20.3. The van der Waals surface area contributed by atoms with Crippen molar-refractivity contribution in [3.05, 3.63) is 105 Å². The summed E-state index contributed by atoms with van der Waals surface area (Å²) in [6.07, 6.45) is 0. The van der Waals surface area contributed by atoms with Gasteiger partial charge in [0.2, 0.25) is 5.39 Å². The molecule has 0 atom stereocenters. The van der Waals surface area contributed by atoms with E-state index >= 15 is 0 Å². The zero-order chi connectivity index (χ0) is 27.8. The number of halogens is 1. The molecular formula is C26H25ClN3O6P. The molecule has 0 aliphatic heterocycles. The highest BCUT2D eigenvalue weighted by atomic mass is 35.5. The van der Waals surface area contributed by atoms with E-state index in [4.69, 9.17) is 32.5 Å². The molecule has 0 aliphatic carbocycles. The average Bonchev–Trinajstić information content (AvgIpc) is 2.81. The van der Waals surface area contributed by atoms with Crippen LogP contribution in [0.3, 0.4) is 0 Å². The molecule has 0 heterocycles. The zero-order valence-corrected chi connectivity index (χ0v) is 21.9. The summed E-state index contributed by atoms with van der Waals surface area (Å²) in [6, 6.07) is 20.4. The molecule has 11 heteroatoms. The number of fused-ring (bicyclic) bond motifs is 1. The van der Waals surface area contributed by atoms with Crippen molar-refractivity contribution in [1.82, 2.24) is 0 Å². The van der Waals surface area contributed by atoms with Gasteiger partial charge in [0.05, 0.1) is 5.97 Å². The average molecular weight is 542 g/mol. The van der Waals surface area contributed by atoms with E-state index < -0.39 is 25.1 Å². The summed E-state index contributed by atoms with van der Waals surface area (Å²) in [5.41, 5.74) is 9.92. The Kier molecular flexibility index (Phi) is 10.2. The van der Waals surface area contributed by atoms with Gasteiger partial charge in [-0.2, -0.15) is 0 Å². The number of phosphoric acid groups is 1. The van der Waals surface area contributed by atoms with Gasteiger partial charge in [0.25, 0.3) is 0 Å². The van der Waals surface area contributed by atoms with Gasteiger partial charge in [-0.25, -0.2) is 4.57 Å². The lowest BCUT2D eigenvalue weighted by molar-refractivity contribution is -0.255. The number of aryl methyl sites for hydroxylation is 3. The predicted molar refractivity (Wildman–Crippen MR) is 142 cm³/mol. The first-order valence-corrected chi connectivity index (χ1v) is 12.6. The second kappa shape index (κ2) is 12.9. The Labute approximate surface area is 219 Å². The molecule has 0 saturated carbocycles. The van der Waals surface area contributed by atoms with Crippen molar-refractivity contribution in [3.8, 4) is 5.75 Å². The minimum absolute atomic E-state index is 0.406. The van der Waals surface area contributed by atoms with Crippen LogP contribution in [0.25, 0.3) is 15.7 Å². The van der Waals surface area contributed by atoms with E-state index in [1.165, 1.54) is 17.7 Å². The number of hydrogen-bond donors (Lipinski definition) is 3. The molecule has 0 aromatic heterocycles. The normalized spacial score (nSPS) is 10.3. The Morgan fingerprint density at radius 1 is 0.973 bits per heavy atom. The molecule has 0 radical (unpaired) electrons. The van der Waals surface area contributed by atoms with E-state index in [9.17, 15) is 14.5 Å². The maximum absolute atomic E-state index is 10.9. The smallest absolute Gasteiger partial charge is 0.524 e. The molecule has 37 heavy (non-hydrogen) atoms. The molecule has 4 rings (SSSR count). The summed E-state index contributed by atoms with van der Waals surface area (Å²) in [5.74, 6) is -1.98. The number of aromatic carboxylic acids is 1. The fourth-order valence-electron chi connectivity index (χ4n) is 3.14. The third kappa shape index (κ3) is 9.22. The van der Waals surface area contributed by atoms with Crippen molar-refractivity contribution in [2.75, 3.05) is 5.73 Å². The van der Waals surface area contributed by atoms with Gasteiger partial charge in [0, 0.05) is 27.9 Å². The number of rotatable bonds is 3. The number of nitrogen functional groups attached to an aromatic ring is 1. The molecule has 9 nitrogen and oxygen atoms in total. The molecule has 0 fully saturated rings.